The molecule has 11 heavy (non-hydrogen) atoms. The van der Waals surface area contributed by atoms with E-state index < -0.39 is 9.84 Å². The minimum absolute atomic E-state index is 0.201. The van der Waals surface area contributed by atoms with E-state index in [1.54, 1.807) is 7.05 Å². The van der Waals surface area contributed by atoms with E-state index in [-0.39, 0.29) is 11.3 Å². The van der Waals surface area contributed by atoms with Crippen molar-refractivity contribution in [1.29, 1.82) is 0 Å². The molecule has 1 atom stereocenters. The van der Waals surface area contributed by atoms with Crippen LogP contribution in [-0.4, -0.2) is 33.0 Å². The van der Waals surface area contributed by atoms with Crippen LogP contribution in [0.2, 0.25) is 0 Å². The van der Waals surface area contributed by atoms with Gasteiger partial charge in [0.15, 0.2) is 0 Å². The van der Waals surface area contributed by atoms with E-state index in [0.717, 1.165) is 6.42 Å². The molecule has 0 spiro atoms. The topological polar surface area (TPSA) is 46.2 Å². The first-order valence-electron chi connectivity index (χ1n) is 3.69. The van der Waals surface area contributed by atoms with E-state index in [0.29, 0.717) is 0 Å². The Morgan fingerprint density at radius 1 is 1.45 bits per heavy atom. The molecule has 0 bridgehead atoms. The number of rotatable bonds is 4. The van der Waals surface area contributed by atoms with Crippen LogP contribution in [0.4, 0.5) is 0 Å². The zero-order valence-corrected chi connectivity index (χ0v) is 8.46. The third kappa shape index (κ3) is 4.37. The van der Waals surface area contributed by atoms with E-state index in [9.17, 15) is 8.42 Å². The molecule has 0 heterocycles. The summed E-state index contributed by atoms with van der Waals surface area (Å²) in [5, 5.41) is 3.01. The summed E-state index contributed by atoms with van der Waals surface area (Å²) < 4.78 is 21.8. The molecule has 0 aliphatic rings. The van der Waals surface area contributed by atoms with Crippen molar-refractivity contribution in [2.24, 2.45) is 0 Å². The van der Waals surface area contributed by atoms with E-state index in [1.807, 2.05) is 13.8 Å². The van der Waals surface area contributed by atoms with Gasteiger partial charge < -0.3 is 5.32 Å². The Bertz CT molecular complexity index is 204. The highest BCUT2D eigenvalue weighted by Crippen LogP contribution is 2.10. The second-order valence-electron chi connectivity index (χ2n) is 3.23. The molecule has 0 amide bonds. The van der Waals surface area contributed by atoms with E-state index in [4.69, 9.17) is 0 Å². The molecule has 4 heteroatoms. The van der Waals surface area contributed by atoms with Crippen LogP contribution in [0.25, 0.3) is 0 Å². The summed E-state index contributed by atoms with van der Waals surface area (Å²) in [5.41, 5.74) is -0.270. The van der Waals surface area contributed by atoms with Gasteiger partial charge in [0.1, 0.15) is 9.84 Å². The van der Waals surface area contributed by atoms with Gasteiger partial charge in [-0.25, -0.2) is 8.42 Å². The van der Waals surface area contributed by atoms with Crippen molar-refractivity contribution in [3.05, 3.63) is 0 Å². The second kappa shape index (κ2) is 3.54. The van der Waals surface area contributed by atoms with Crippen molar-refractivity contribution in [3.63, 3.8) is 0 Å². The van der Waals surface area contributed by atoms with E-state index in [2.05, 4.69) is 5.32 Å². The molecule has 0 radical (unpaired) electrons. The standard InChI is InChI=1S/C7H17NO2S/c1-5-7(2,8-3)6-11(4,9)10/h8H,5-6H2,1-4H3. The third-order valence-electron chi connectivity index (χ3n) is 1.96. The number of sulfone groups is 1. The predicted octanol–water partition coefficient (Wildman–Crippen LogP) is 0.419. The first-order chi connectivity index (χ1) is 4.83. The lowest BCUT2D eigenvalue weighted by Crippen LogP contribution is -2.45. The first-order valence-corrected chi connectivity index (χ1v) is 5.75. The molecule has 0 aliphatic heterocycles. The van der Waals surface area contributed by atoms with Gasteiger partial charge in [-0.3, -0.25) is 0 Å². The van der Waals surface area contributed by atoms with Gasteiger partial charge in [-0.15, -0.1) is 0 Å². The summed E-state index contributed by atoms with van der Waals surface area (Å²) in [5.74, 6) is 0.201. The van der Waals surface area contributed by atoms with Crippen LogP contribution in [-0.2, 0) is 9.84 Å². The van der Waals surface area contributed by atoms with Crippen molar-refractivity contribution in [1.82, 2.24) is 5.32 Å². The van der Waals surface area contributed by atoms with Gasteiger partial charge in [0, 0.05) is 11.8 Å². The van der Waals surface area contributed by atoms with E-state index >= 15 is 0 Å². The zero-order valence-electron chi connectivity index (χ0n) is 7.64. The molecule has 0 aliphatic carbocycles. The van der Waals surface area contributed by atoms with Crippen LogP contribution in [0, 0.1) is 0 Å². The highest BCUT2D eigenvalue weighted by Gasteiger charge is 2.24. The smallest absolute Gasteiger partial charge is 0.149 e. The molecular weight excluding hydrogens is 162 g/mol. The summed E-state index contributed by atoms with van der Waals surface area (Å²) in [6.07, 6.45) is 2.08. The van der Waals surface area contributed by atoms with Gasteiger partial charge in [0.05, 0.1) is 5.75 Å². The van der Waals surface area contributed by atoms with Crippen LogP contribution in [0.5, 0.6) is 0 Å². The molecule has 3 nitrogen and oxygen atoms in total. The predicted molar refractivity (Wildman–Crippen MR) is 47.5 cm³/mol. The van der Waals surface area contributed by atoms with Gasteiger partial charge in [-0.05, 0) is 20.4 Å². The number of hydrogen-bond acceptors (Lipinski definition) is 3. The van der Waals surface area contributed by atoms with E-state index in [1.165, 1.54) is 6.26 Å². The average molecular weight is 179 g/mol. The molecule has 0 aromatic rings. The minimum Gasteiger partial charge on any atom is -0.314 e. The van der Waals surface area contributed by atoms with Crippen molar-refractivity contribution in [2.75, 3.05) is 19.1 Å². The third-order valence-corrected chi connectivity index (χ3v) is 3.13. The lowest BCUT2D eigenvalue weighted by Gasteiger charge is -2.26. The van der Waals surface area contributed by atoms with Crippen molar-refractivity contribution in [3.8, 4) is 0 Å². The largest absolute Gasteiger partial charge is 0.314 e. The lowest BCUT2D eigenvalue weighted by atomic mass is 10.0. The fourth-order valence-corrected chi connectivity index (χ4v) is 2.44. The van der Waals surface area contributed by atoms with Crippen LogP contribution in [0.3, 0.4) is 0 Å². The Kier molecular flexibility index (Phi) is 3.51. The number of nitrogens with one attached hydrogen (secondary N) is 1. The Hall–Kier alpha value is -0.0900. The van der Waals surface area contributed by atoms with Crippen LogP contribution in [0.1, 0.15) is 20.3 Å². The summed E-state index contributed by atoms with van der Waals surface area (Å²) in [6.45, 7) is 3.88. The van der Waals surface area contributed by atoms with Gasteiger partial charge in [0.25, 0.3) is 0 Å². The maximum absolute atomic E-state index is 10.9. The van der Waals surface area contributed by atoms with Crippen molar-refractivity contribution >= 4 is 9.84 Å². The normalized spacial score (nSPS) is 17.8. The fraction of sp³-hybridized carbons (Fsp3) is 1.00. The van der Waals surface area contributed by atoms with Crippen LogP contribution >= 0.6 is 0 Å². The Balaban J connectivity index is 4.32. The molecule has 0 saturated carbocycles. The minimum atomic E-state index is -2.87. The first kappa shape index (κ1) is 10.9. The highest BCUT2D eigenvalue weighted by molar-refractivity contribution is 7.90. The summed E-state index contributed by atoms with van der Waals surface area (Å²) in [7, 11) is -1.08. The van der Waals surface area contributed by atoms with Gasteiger partial charge in [-0.1, -0.05) is 6.92 Å². The lowest BCUT2D eigenvalue weighted by molar-refractivity contribution is 0.410. The summed E-state index contributed by atoms with van der Waals surface area (Å²) in [6, 6.07) is 0. The highest BCUT2D eigenvalue weighted by atomic mass is 32.2. The Morgan fingerprint density at radius 3 is 2.00 bits per heavy atom. The van der Waals surface area contributed by atoms with Crippen LogP contribution in [0.15, 0.2) is 0 Å². The molecular formula is C7H17NO2S. The SMILES string of the molecule is CCC(C)(CS(C)(=O)=O)NC. The fourth-order valence-electron chi connectivity index (χ4n) is 0.930. The Morgan fingerprint density at radius 2 is 1.91 bits per heavy atom. The summed E-state index contributed by atoms with van der Waals surface area (Å²) in [4.78, 5) is 0. The molecule has 0 fully saturated rings. The zero-order chi connectivity index (χ0) is 9.12. The quantitative estimate of drug-likeness (QED) is 0.680. The van der Waals surface area contributed by atoms with Crippen molar-refractivity contribution in [2.45, 2.75) is 25.8 Å². The Labute approximate surface area is 69.1 Å². The molecule has 0 rings (SSSR count). The summed E-state index contributed by atoms with van der Waals surface area (Å²) >= 11 is 0. The van der Waals surface area contributed by atoms with Crippen LogP contribution < -0.4 is 5.32 Å². The maximum Gasteiger partial charge on any atom is 0.149 e. The van der Waals surface area contributed by atoms with Crippen molar-refractivity contribution < 1.29 is 8.42 Å². The van der Waals surface area contributed by atoms with Gasteiger partial charge >= 0.3 is 0 Å². The maximum atomic E-state index is 10.9. The molecule has 1 unspecified atom stereocenters. The molecule has 68 valence electrons. The second-order valence-corrected chi connectivity index (χ2v) is 5.37. The van der Waals surface area contributed by atoms with Gasteiger partial charge in [-0.2, -0.15) is 0 Å². The molecule has 0 saturated heterocycles. The molecule has 0 aromatic heterocycles. The van der Waals surface area contributed by atoms with Gasteiger partial charge in [0.2, 0.25) is 0 Å². The number of hydrogen-bond donors (Lipinski definition) is 1. The monoisotopic (exact) mass is 179 g/mol. The molecule has 1 N–H and O–H groups in total. The molecule has 0 aromatic carbocycles. The average Bonchev–Trinajstić information content (AvgIpc) is 1.84.